The molecule has 0 saturated heterocycles. The number of para-hydroxylation sites is 2. The second-order valence-corrected chi connectivity index (χ2v) is 13.5. The standard InChI is InChI=1S/C51H34N2O/c1-2-13-37(14-3-1)45-21-8-9-26-49(45)53(40-31-27-38(28-32-40)43-22-10-17-35-15-4-6-19-42(35)43)41-33-29-39(30-34-41)46-23-12-25-48-50(46)54-51(52-48)47-24-11-18-36-16-5-7-20-44(36)47/h1-34H. The lowest BCUT2D eigenvalue weighted by Crippen LogP contribution is -2.11. The SMILES string of the molecule is c1ccc(-c2ccccc2N(c2ccc(-c3cccc4ccccc34)cc2)c2ccc(-c3cccc4nc(-c5cccc6ccccc56)oc34)cc2)cc1. The van der Waals surface area contributed by atoms with Gasteiger partial charge in [-0.15, -0.1) is 0 Å². The Morgan fingerprint density at radius 3 is 1.54 bits per heavy atom. The third kappa shape index (κ3) is 5.60. The fourth-order valence-electron chi connectivity index (χ4n) is 7.72. The Balaban J connectivity index is 1.07. The van der Waals surface area contributed by atoms with Crippen LogP contribution in [0.2, 0.25) is 0 Å². The van der Waals surface area contributed by atoms with Crippen LogP contribution in [0.5, 0.6) is 0 Å². The molecule has 0 saturated carbocycles. The smallest absolute Gasteiger partial charge is 0.227 e. The molecule has 0 spiro atoms. The predicted octanol–water partition coefficient (Wildman–Crippen LogP) is 14.3. The maximum Gasteiger partial charge on any atom is 0.227 e. The number of hydrogen-bond donors (Lipinski definition) is 0. The number of benzene rings is 9. The van der Waals surface area contributed by atoms with E-state index in [0.29, 0.717) is 5.89 Å². The number of fused-ring (bicyclic) bond motifs is 3. The van der Waals surface area contributed by atoms with Crippen molar-refractivity contribution >= 4 is 49.7 Å². The molecule has 54 heavy (non-hydrogen) atoms. The van der Waals surface area contributed by atoms with Crippen molar-refractivity contribution in [3.8, 4) is 44.8 Å². The molecule has 0 bridgehead atoms. The van der Waals surface area contributed by atoms with Crippen molar-refractivity contribution in [2.24, 2.45) is 0 Å². The van der Waals surface area contributed by atoms with Gasteiger partial charge in [0.05, 0.1) is 5.69 Å². The molecule has 9 aromatic carbocycles. The van der Waals surface area contributed by atoms with Gasteiger partial charge in [-0.2, -0.15) is 0 Å². The van der Waals surface area contributed by atoms with E-state index in [0.717, 1.165) is 61.2 Å². The quantitative estimate of drug-likeness (QED) is 0.167. The molecule has 0 atom stereocenters. The molecule has 1 heterocycles. The van der Waals surface area contributed by atoms with Crippen LogP contribution in [0.15, 0.2) is 211 Å². The Labute approximate surface area is 314 Å². The molecule has 10 aromatic rings. The molecule has 0 radical (unpaired) electrons. The largest absolute Gasteiger partial charge is 0.435 e. The van der Waals surface area contributed by atoms with E-state index in [9.17, 15) is 0 Å². The van der Waals surface area contributed by atoms with Crippen LogP contribution < -0.4 is 4.90 Å². The first-order chi connectivity index (χ1) is 26.8. The molecule has 3 heteroatoms. The average molecular weight is 691 g/mol. The van der Waals surface area contributed by atoms with Crippen LogP contribution in [-0.4, -0.2) is 4.98 Å². The molecule has 0 aliphatic rings. The molecule has 0 aliphatic carbocycles. The minimum atomic E-state index is 0.626. The van der Waals surface area contributed by atoms with Crippen LogP contribution in [0.3, 0.4) is 0 Å². The Hall–Kier alpha value is -7.23. The van der Waals surface area contributed by atoms with Crippen LogP contribution in [0.4, 0.5) is 17.1 Å². The van der Waals surface area contributed by atoms with Gasteiger partial charge >= 0.3 is 0 Å². The predicted molar refractivity (Wildman–Crippen MR) is 225 cm³/mol. The maximum absolute atomic E-state index is 6.58. The maximum atomic E-state index is 6.58. The van der Waals surface area contributed by atoms with Crippen LogP contribution in [-0.2, 0) is 0 Å². The van der Waals surface area contributed by atoms with Gasteiger partial charge in [0.25, 0.3) is 0 Å². The molecule has 0 unspecified atom stereocenters. The highest BCUT2D eigenvalue weighted by Gasteiger charge is 2.19. The first-order valence-corrected chi connectivity index (χ1v) is 18.3. The summed E-state index contributed by atoms with van der Waals surface area (Å²) >= 11 is 0. The lowest BCUT2D eigenvalue weighted by molar-refractivity contribution is 0.621. The van der Waals surface area contributed by atoms with Crippen molar-refractivity contribution in [3.63, 3.8) is 0 Å². The van der Waals surface area contributed by atoms with Gasteiger partial charge in [-0.1, -0.05) is 164 Å². The van der Waals surface area contributed by atoms with Crippen molar-refractivity contribution in [1.82, 2.24) is 4.98 Å². The van der Waals surface area contributed by atoms with Crippen molar-refractivity contribution in [2.45, 2.75) is 0 Å². The number of hydrogen-bond acceptors (Lipinski definition) is 3. The summed E-state index contributed by atoms with van der Waals surface area (Å²) < 4.78 is 6.58. The lowest BCUT2D eigenvalue weighted by Gasteiger charge is -2.28. The summed E-state index contributed by atoms with van der Waals surface area (Å²) in [6, 6.07) is 72.9. The highest BCUT2D eigenvalue weighted by atomic mass is 16.3. The van der Waals surface area contributed by atoms with Gasteiger partial charge in [0.15, 0.2) is 5.58 Å². The van der Waals surface area contributed by atoms with Crippen molar-refractivity contribution < 1.29 is 4.42 Å². The Bertz CT molecular complexity index is 2920. The fraction of sp³-hybridized carbons (Fsp3) is 0. The lowest BCUT2D eigenvalue weighted by atomic mass is 9.97. The zero-order chi connectivity index (χ0) is 35.8. The van der Waals surface area contributed by atoms with E-state index in [4.69, 9.17) is 9.40 Å². The summed E-state index contributed by atoms with van der Waals surface area (Å²) in [4.78, 5) is 7.31. The van der Waals surface area contributed by atoms with Gasteiger partial charge in [-0.25, -0.2) is 4.98 Å². The van der Waals surface area contributed by atoms with Gasteiger partial charge in [-0.3, -0.25) is 0 Å². The summed E-state index contributed by atoms with van der Waals surface area (Å²) in [5.74, 6) is 0.626. The topological polar surface area (TPSA) is 29.3 Å². The van der Waals surface area contributed by atoms with E-state index >= 15 is 0 Å². The first kappa shape index (κ1) is 31.5. The molecule has 0 N–H and O–H groups in total. The van der Waals surface area contributed by atoms with E-state index in [2.05, 4.69) is 205 Å². The fourth-order valence-corrected chi connectivity index (χ4v) is 7.72. The molecule has 3 nitrogen and oxygen atoms in total. The number of oxazole rings is 1. The van der Waals surface area contributed by atoms with Gasteiger partial charge < -0.3 is 9.32 Å². The van der Waals surface area contributed by atoms with Gasteiger partial charge in [0.1, 0.15) is 5.52 Å². The highest BCUT2D eigenvalue weighted by molar-refractivity contribution is 5.99. The Kier molecular flexibility index (Phi) is 7.81. The number of anilines is 3. The van der Waals surface area contributed by atoms with Crippen molar-refractivity contribution in [2.75, 3.05) is 4.90 Å². The van der Waals surface area contributed by atoms with Crippen LogP contribution in [0, 0.1) is 0 Å². The minimum Gasteiger partial charge on any atom is -0.435 e. The zero-order valence-electron chi connectivity index (χ0n) is 29.4. The van der Waals surface area contributed by atoms with Gasteiger partial charge in [-0.05, 0) is 86.3 Å². The third-order valence-corrected chi connectivity index (χ3v) is 10.3. The summed E-state index contributed by atoms with van der Waals surface area (Å²) in [5, 5.41) is 4.78. The van der Waals surface area contributed by atoms with Crippen LogP contribution in [0.25, 0.3) is 77.5 Å². The molecule has 0 amide bonds. The molecule has 1 aromatic heterocycles. The highest BCUT2D eigenvalue weighted by Crippen LogP contribution is 2.43. The number of aromatic nitrogens is 1. The van der Waals surface area contributed by atoms with E-state index in [1.165, 1.54) is 27.5 Å². The molecule has 254 valence electrons. The van der Waals surface area contributed by atoms with Crippen molar-refractivity contribution in [3.05, 3.63) is 206 Å². The summed E-state index contributed by atoms with van der Waals surface area (Å²) in [7, 11) is 0. The van der Waals surface area contributed by atoms with E-state index < -0.39 is 0 Å². The second kappa shape index (κ2) is 13.4. The average Bonchev–Trinajstić information content (AvgIpc) is 3.69. The van der Waals surface area contributed by atoms with Gasteiger partial charge in [0, 0.05) is 28.1 Å². The minimum absolute atomic E-state index is 0.626. The van der Waals surface area contributed by atoms with E-state index in [1.807, 2.05) is 6.07 Å². The van der Waals surface area contributed by atoms with E-state index in [1.54, 1.807) is 0 Å². The molecule has 0 aliphatic heterocycles. The van der Waals surface area contributed by atoms with Crippen LogP contribution in [0.1, 0.15) is 0 Å². The summed E-state index contributed by atoms with van der Waals surface area (Å²) in [6.07, 6.45) is 0. The zero-order valence-corrected chi connectivity index (χ0v) is 29.4. The first-order valence-electron chi connectivity index (χ1n) is 18.3. The molecular formula is C51H34N2O. The Morgan fingerprint density at radius 1 is 0.352 bits per heavy atom. The molecular weight excluding hydrogens is 657 g/mol. The van der Waals surface area contributed by atoms with Crippen molar-refractivity contribution in [1.29, 1.82) is 0 Å². The molecule has 0 fully saturated rings. The van der Waals surface area contributed by atoms with E-state index in [-0.39, 0.29) is 0 Å². The summed E-state index contributed by atoms with van der Waals surface area (Å²) in [6.45, 7) is 0. The van der Waals surface area contributed by atoms with Gasteiger partial charge in [0.2, 0.25) is 5.89 Å². The summed E-state index contributed by atoms with van der Waals surface area (Å²) in [5.41, 5.74) is 12.7. The number of rotatable bonds is 7. The number of nitrogens with zero attached hydrogens (tertiary/aromatic N) is 2. The van der Waals surface area contributed by atoms with Crippen LogP contribution >= 0.6 is 0 Å². The second-order valence-electron chi connectivity index (χ2n) is 13.5. The normalized spacial score (nSPS) is 11.3. The Morgan fingerprint density at radius 2 is 0.833 bits per heavy atom. The molecule has 10 rings (SSSR count). The third-order valence-electron chi connectivity index (χ3n) is 10.3. The monoisotopic (exact) mass is 690 g/mol.